The highest BCUT2D eigenvalue weighted by molar-refractivity contribution is 14.0. The Morgan fingerprint density at radius 1 is 1.29 bits per heavy atom. The monoisotopic (exact) mass is 502 g/mol. The Hall–Kier alpha value is -1.42. The summed E-state index contributed by atoms with van der Waals surface area (Å²) in [5, 5.41) is 9.36. The normalized spacial score (nSPS) is 17.5. The van der Waals surface area contributed by atoms with Crippen molar-refractivity contribution in [3.8, 4) is 0 Å². The maximum Gasteiger partial charge on any atom is 0.227 e. The highest BCUT2D eigenvalue weighted by Gasteiger charge is 2.19. The van der Waals surface area contributed by atoms with E-state index in [1.54, 1.807) is 13.1 Å². The molecule has 0 saturated carbocycles. The predicted octanol–water partition coefficient (Wildman–Crippen LogP) is 2.77. The first-order valence-electron chi connectivity index (χ1n) is 10.0. The lowest BCUT2D eigenvalue weighted by atomic mass is 10.0. The van der Waals surface area contributed by atoms with Gasteiger partial charge in [0.05, 0.1) is 0 Å². The summed E-state index contributed by atoms with van der Waals surface area (Å²) in [4.78, 5) is 23.1. The van der Waals surface area contributed by atoms with E-state index in [4.69, 9.17) is 0 Å². The number of aliphatic imine (C=N–C) groups is 1. The number of nitrogens with zero attached hydrogens (tertiary/aromatic N) is 3. The first-order valence-corrected chi connectivity index (χ1v) is 10.0. The van der Waals surface area contributed by atoms with E-state index in [1.165, 1.54) is 32.2 Å². The van der Waals surface area contributed by atoms with Crippen LogP contribution in [0.2, 0.25) is 0 Å². The fourth-order valence-corrected chi connectivity index (χ4v) is 3.47. The van der Waals surface area contributed by atoms with E-state index < -0.39 is 0 Å². The molecule has 1 amide bonds. The number of halogens is 1. The highest BCUT2D eigenvalue weighted by Crippen LogP contribution is 2.18. The molecule has 7 nitrogen and oxygen atoms in total. The zero-order valence-electron chi connectivity index (χ0n) is 17.3. The number of aryl methyl sites for hydroxylation is 1. The lowest BCUT2D eigenvalue weighted by Crippen LogP contribution is -2.46. The number of hydrogen-bond acceptors (Lipinski definition) is 4. The summed E-state index contributed by atoms with van der Waals surface area (Å²) in [7, 11) is 1.75. The minimum absolute atomic E-state index is 0. The molecule has 2 rings (SSSR count). The van der Waals surface area contributed by atoms with E-state index in [1.807, 2.05) is 19.1 Å². The van der Waals surface area contributed by atoms with Gasteiger partial charge in [-0.15, -0.1) is 24.0 Å². The molecule has 28 heavy (non-hydrogen) atoms. The molecule has 2 heterocycles. The van der Waals surface area contributed by atoms with Crippen LogP contribution in [0.1, 0.15) is 44.7 Å². The number of carbonyl (C=O) groups excluding carboxylic acids is 1. The Kier molecular flexibility index (Phi) is 12.1. The van der Waals surface area contributed by atoms with Crippen LogP contribution in [-0.2, 0) is 4.79 Å². The van der Waals surface area contributed by atoms with Crippen LogP contribution in [0.15, 0.2) is 23.2 Å². The average molecular weight is 502 g/mol. The number of piperidine rings is 1. The fourth-order valence-electron chi connectivity index (χ4n) is 3.47. The third-order valence-electron chi connectivity index (χ3n) is 4.94. The van der Waals surface area contributed by atoms with Crippen molar-refractivity contribution in [3.63, 3.8) is 0 Å². The largest absolute Gasteiger partial charge is 0.356 e. The maximum atomic E-state index is 12.0. The van der Waals surface area contributed by atoms with Crippen LogP contribution in [-0.4, -0.2) is 61.0 Å². The van der Waals surface area contributed by atoms with Crippen molar-refractivity contribution in [1.82, 2.24) is 20.5 Å². The highest BCUT2D eigenvalue weighted by atomic mass is 127. The van der Waals surface area contributed by atoms with Gasteiger partial charge in [0.2, 0.25) is 5.91 Å². The molecule has 1 fully saturated rings. The number of amides is 1. The molecule has 1 aliphatic rings. The number of guanidine groups is 1. The van der Waals surface area contributed by atoms with Crippen molar-refractivity contribution < 1.29 is 4.79 Å². The minimum atomic E-state index is -0.0600. The number of hydrogen-bond donors (Lipinski definition) is 3. The fraction of sp³-hybridized carbons (Fsp3) is 0.650. The van der Waals surface area contributed by atoms with Crippen LogP contribution < -0.4 is 16.0 Å². The van der Waals surface area contributed by atoms with Gasteiger partial charge in [0.15, 0.2) is 5.96 Å². The van der Waals surface area contributed by atoms with Crippen LogP contribution in [0.3, 0.4) is 0 Å². The van der Waals surface area contributed by atoms with Crippen LogP contribution in [0.25, 0.3) is 0 Å². The standard InChI is InChI=1S/C20H34N6O.HI/c1-4-17-9-5-6-14-26(17)15-13-23-20(21-3)22-12-11-19(27)25-18-10-7-8-16(2)24-18;/h7-8,10,17H,4-6,9,11-15H2,1-3H3,(H2,21,22,23)(H,24,25,27);1H. The van der Waals surface area contributed by atoms with Gasteiger partial charge in [-0.05, 0) is 44.9 Å². The lowest BCUT2D eigenvalue weighted by molar-refractivity contribution is -0.116. The van der Waals surface area contributed by atoms with Gasteiger partial charge in [-0.2, -0.15) is 0 Å². The van der Waals surface area contributed by atoms with Gasteiger partial charge in [-0.1, -0.05) is 19.4 Å². The van der Waals surface area contributed by atoms with Crippen molar-refractivity contribution >= 4 is 41.7 Å². The first kappa shape index (κ1) is 24.6. The average Bonchev–Trinajstić information content (AvgIpc) is 2.67. The number of rotatable bonds is 8. The number of pyridine rings is 1. The summed E-state index contributed by atoms with van der Waals surface area (Å²) in [5.41, 5.74) is 0.884. The summed E-state index contributed by atoms with van der Waals surface area (Å²) in [6.45, 7) is 7.78. The second-order valence-corrected chi connectivity index (χ2v) is 6.98. The molecular weight excluding hydrogens is 467 g/mol. The quantitative estimate of drug-likeness (QED) is 0.290. The molecule has 1 aromatic rings. The molecule has 1 saturated heterocycles. The number of carbonyl (C=O) groups is 1. The summed E-state index contributed by atoms with van der Waals surface area (Å²) in [6.07, 6.45) is 5.55. The van der Waals surface area contributed by atoms with Crippen molar-refractivity contribution in [2.75, 3.05) is 38.5 Å². The molecule has 0 aliphatic carbocycles. The van der Waals surface area contributed by atoms with Crippen molar-refractivity contribution in [2.24, 2.45) is 4.99 Å². The molecule has 0 radical (unpaired) electrons. The number of anilines is 1. The molecule has 1 aliphatic heterocycles. The van der Waals surface area contributed by atoms with Crippen molar-refractivity contribution in [2.45, 2.75) is 52.0 Å². The van der Waals surface area contributed by atoms with E-state index in [0.29, 0.717) is 18.8 Å². The molecule has 0 spiro atoms. The molecule has 3 N–H and O–H groups in total. The van der Waals surface area contributed by atoms with Gasteiger partial charge in [0, 0.05) is 44.8 Å². The maximum absolute atomic E-state index is 12.0. The third-order valence-corrected chi connectivity index (χ3v) is 4.94. The molecule has 1 unspecified atom stereocenters. The van der Waals surface area contributed by atoms with Gasteiger partial charge in [-0.25, -0.2) is 4.98 Å². The summed E-state index contributed by atoms with van der Waals surface area (Å²) >= 11 is 0. The van der Waals surface area contributed by atoms with Crippen LogP contribution in [0.5, 0.6) is 0 Å². The van der Waals surface area contributed by atoms with Crippen LogP contribution in [0.4, 0.5) is 5.82 Å². The number of likely N-dealkylation sites (tertiary alicyclic amines) is 1. The minimum Gasteiger partial charge on any atom is -0.356 e. The molecule has 1 atom stereocenters. The predicted molar refractivity (Wildman–Crippen MR) is 127 cm³/mol. The molecule has 0 bridgehead atoms. The van der Waals surface area contributed by atoms with Gasteiger partial charge in [0.1, 0.15) is 5.82 Å². The number of aromatic nitrogens is 1. The van der Waals surface area contributed by atoms with E-state index in [-0.39, 0.29) is 29.9 Å². The zero-order chi connectivity index (χ0) is 19.5. The lowest BCUT2D eigenvalue weighted by Gasteiger charge is -2.35. The molecular formula is C20H35IN6O. The second-order valence-electron chi connectivity index (χ2n) is 6.98. The SMILES string of the molecule is CCC1CCCCN1CCNC(=NC)NCCC(=O)Nc1cccc(C)n1.I. The zero-order valence-corrected chi connectivity index (χ0v) is 19.7. The Bertz CT molecular complexity index is 624. The van der Waals surface area contributed by atoms with Crippen LogP contribution >= 0.6 is 24.0 Å². The Labute approximate surface area is 186 Å². The second kappa shape index (κ2) is 13.7. The third kappa shape index (κ3) is 8.72. The Balaban J connectivity index is 0.00000392. The summed E-state index contributed by atoms with van der Waals surface area (Å²) < 4.78 is 0. The topological polar surface area (TPSA) is 81.6 Å². The van der Waals surface area contributed by atoms with E-state index in [0.717, 1.165) is 30.8 Å². The first-order chi connectivity index (χ1) is 13.1. The van der Waals surface area contributed by atoms with Gasteiger partial charge in [-0.3, -0.25) is 14.7 Å². The van der Waals surface area contributed by atoms with Crippen LogP contribution in [0, 0.1) is 6.92 Å². The Morgan fingerprint density at radius 2 is 2.07 bits per heavy atom. The number of nitrogens with one attached hydrogen (secondary N) is 3. The van der Waals surface area contributed by atoms with Gasteiger partial charge < -0.3 is 16.0 Å². The summed E-state index contributed by atoms with van der Waals surface area (Å²) in [6, 6.07) is 6.30. The molecule has 0 aromatic carbocycles. The van der Waals surface area contributed by atoms with E-state index in [9.17, 15) is 4.79 Å². The van der Waals surface area contributed by atoms with E-state index in [2.05, 4.69) is 37.8 Å². The molecule has 8 heteroatoms. The molecule has 158 valence electrons. The van der Waals surface area contributed by atoms with Crippen molar-refractivity contribution in [3.05, 3.63) is 23.9 Å². The van der Waals surface area contributed by atoms with Gasteiger partial charge >= 0.3 is 0 Å². The smallest absolute Gasteiger partial charge is 0.227 e. The van der Waals surface area contributed by atoms with Crippen molar-refractivity contribution in [1.29, 1.82) is 0 Å². The molecule has 1 aromatic heterocycles. The Morgan fingerprint density at radius 3 is 2.79 bits per heavy atom. The van der Waals surface area contributed by atoms with E-state index >= 15 is 0 Å². The van der Waals surface area contributed by atoms with Gasteiger partial charge in [0.25, 0.3) is 0 Å². The summed E-state index contributed by atoms with van der Waals surface area (Å²) in [5.74, 6) is 1.27.